The van der Waals surface area contributed by atoms with Crippen molar-refractivity contribution in [2.75, 3.05) is 12.4 Å². The summed E-state index contributed by atoms with van der Waals surface area (Å²) in [7, 11) is 1.58. The zero-order chi connectivity index (χ0) is 15.4. The predicted molar refractivity (Wildman–Crippen MR) is 87.4 cm³/mol. The molecule has 21 heavy (non-hydrogen) atoms. The third-order valence-corrected chi connectivity index (χ3v) is 3.97. The molecule has 110 valence electrons. The number of methoxy groups -OCH3 is 1. The van der Waals surface area contributed by atoms with E-state index in [0.29, 0.717) is 5.75 Å². The monoisotopic (exact) mass is 348 g/mol. The average molecular weight is 349 g/mol. The summed E-state index contributed by atoms with van der Waals surface area (Å²) in [4.78, 5) is 11.9. The summed E-state index contributed by atoms with van der Waals surface area (Å²) < 4.78 is 6.01. The van der Waals surface area contributed by atoms with Crippen molar-refractivity contribution in [2.24, 2.45) is 5.73 Å². The van der Waals surface area contributed by atoms with Crippen molar-refractivity contribution in [2.45, 2.75) is 13.0 Å². The molecule has 2 aromatic rings. The molecule has 1 amide bonds. The molecule has 1 unspecified atom stereocenters. The van der Waals surface area contributed by atoms with Gasteiger partial charge in [0.15, 0.2) is 0 Å². The molecule has 1 atom stereocenters. The number of anilines is 1. The predicted octanol–water partition coefficient (Wildman–Crippen LogP) is 3.40. The third-order valence-electron chi connectivity index (χ3n) is 3.24. The van der Waals surface area contributed by atoms with Crippen LogP contribution in [0.4, 0.5) is 5.69 Å². The van der Waals surface area contributed by atoms with Gasteiger partial charge in [0.1, 0.15) is 11.8 Å². The van der Waals surface area contributed by atoms with E-state index < -0.39 is 11.9 Å². The van der Waals surface area contributed by atoms with Crippen molar-refractivity contribution < 1.29 is 9.53 Å². The lowest BCUT2D eigenvalue weighted by Crippen LogP contribution is -2.28. The van der Waals surface area contributed by atoms with E-state index in [1.807, 2.05) is 43.3 Å². The Bertz CT molecular complexity index is 658. The van der Waals surface area contributed by atoms with Crippen LogP contribution >= 0.6 is 15.9 Å². The molecule has 0 aliphatic rings. The Kier molecular flexibility index (Phi) is 4.85. The highest BCUT2D eigenvalue weighted by Gasteiger charge is 2.21. The lowest BCUT2D eigenvalue weighted by atomic mass is 10.0. The van der Waals surface area contributed by atoms with E-state index in [-0.39, 0.29) is 0 Å². The smallest absolute Gasteiger partial charge is 0.244 e. The van der Waals surface area contributed by atoms with Gasteiger partial charge in [0.2, 0.25) is 5.91 Å². The van der Waals surface area contributed by atoms with Crippen molar-refractivity contribution >= 4 is 27.5 Å². The number of carbonyl (C=O) groups is 1. The van der Waals surface area contributed by atoms with E-state index >= 15 is 0 Å². The van der Waals surface area contributed by atoms with Crippen LogP contribution in [-0.4, -0.2) is 13.0 Å². The van der Waals surface area contributed by atoms with Crippen LogP contribution in [0.15, 0.2) is 46.9 Å². The molecule has 5 heteroatoms. The Hall–Kier alpha value is -2.01. The summed E-state index contributed by atoms with van der Waals surface area (Å²) >= 11 is 3.46. The summed E-state index contributed by atoms with van der Waals surface area (Å²) in [5.74, 6) is 0.221. The van der Waals surface area contributed by atoms with E-state index in [1.165, 1.54) is 0 Å². The lowest BCUT2D eigenvalue weighted by molar-refractivity contribution is -0.118. The quantitative estimate of drug-likeness (QED) is 0.870. The fourth-order valence-corrected chi connectivity index (χ4v) is 2.54. The summed E-state index contributed by atoms with van der Waals surface area (Å²) in [6, 6.07) is 12.6. The molecular formula is C16H17BrN2O2. The van der Waals surface area contributed by atoms with Gasteiger partial charge in [0.05, 0.1) is 7.11 Å². The number of halogens is 1. The standard InChI is InChI=1S/C16H17BrN2O2/c1-10-5-3-4-6-14(10)19-15(16(18)20)12-9-11(21-2)7-8-13(12)17/h3-9,15,19H,1-2H3,(H2,18,20). The average Bonchev–Trinajstić information content (AvgIpc) is 2.47. The lowest BCUT2D eigenvalue weighted by Gasteiger charge is -2.20. The van der Waals surface area contributed by atoms with Crippen LogP contribution in [0.1, 0.15) is 17.2 Å². The van der Waals surface area contributed by atoms with Gasteiger partial charge in [0, 0.05) is 15.7 Å². The molecule has 0 saturated carbocycles. The number of rotatable bonds is 5. The minimum atomic E-state index is -0.643. The normalized spacial score (nSPS) is 11.8. The first-order valence-electron chi connectivity index (χ1n) is 6.48. The highest BCUT2D eigenvalue weighted by Crippen LogP contribution is 2.30. The largest absolute Gasteiger partial charge is 0.497 e. The van der Waals surface area contributed by atoms with E-state index in [9.17, 15) is 4.79 Å². The first-order chi connectivity index (χ1) is 10.0. The Morgan fingerprint density at radius 3 is 2.62 bits per heavy atom. The number of benzene rings is 2. The molecule has 0 aromatic heterocycles. The molecule has 3 N–H and O–H groups in total. The van der Waals surface area contributed by atoms with Gasteiger partial charge in [-0.3, -0.25) is 4.79 Å². The number of para-hydroxylation sites is 1. The molecule has 2 aromatic carbocycles. The number of ether oxygens (including phenoxy) is 1. The van der Waals surface area contributed by atoms with Crippen LogP contribution in [-0.2, 0) is 4.79 Å². The molecule has 0 bridgehead atoms. The van der Waals surface area contributed by atoms with Gasteiger partial charge in [-0.15, -0.1) is 0 Å². The van der Waals surface area contributed by atoms with E-state index in [0.717, 1.165) is 21.3 Å². The summed E-state index contributed by atoms with van der Waals surface area (Å²) in [6.45, 7) is 1.97. The summed E-state index contributed by atoms with van der Waals surface area (Å²) in [5.41, 5.74) is 8.22. The second-order valence-corrected chi connectivity index (χ2v) is 5.54. The van der Waals surface area contributed by atoms with Gasteiger partial charge in [-0.2, -0.15) is 0 Å². The number of amides is 1. The maximum atomic E-state index is 11.9. The number of primary amides is 1. The van der Waals surface area contributed by atoms with Crippen LogP contribution in [0.25, 0.3) is 0 Å². The maximum Gasteiger partial charge on any atom is 0.244 e. The topological polar surface area (TPSA) is 64.3 Å². The Morgan fingerprint density at radius 1 is 1.29 bits per heavy atom. The number of nitrogens with one attached hydrogen (secondary N) is 1. The molecule has 0 aliphatic heterocycles. The van der Waals surface area contributed by atoms with Crippen molar-refractivity contribution in [3.63, 3.8) is 0 Å². The highest BCUT2D eigenvalue weighted by molar-refractivity contribution is 9.10. The highest BCUT2D eigenvalue weighted by atomic mass is 79.9. The van der Waals surface area contributed by atoms with E-state index in [1.54, 1.807) is 13.2 Å². The number of carbonyl (C=O) groups excluding carboxylic acids is 1. The van der Waals surface area contributed by atoms with Crippen molar-refractivity contribution in [3.8, 4) is 5.75 Å². The van der Waals surface area contributed by atoms with Crippen molar-refractivity contribution in [1.29, 1.82) is 0 Å². The van der Waals surface area contributed by atoms with Crippen LogP contribution in [0, 0.1) is 6.92 Å². The number of hydrogen-bond donors (Lipinski definition) is 2. The zero-order valence-corrected chi connectivity index (χ0v) is 13.5. The van der Waals surface area contributed by atoms with Crippen molar-refractivity contribution in [3.05, 3.63) is 58.1 Å². The molecule has 0 radical (unpaired) electrons. The fraction of sp³-hybridized carbons (Fsp3) is 0.188. The molecule has 0 heterocycles. The van der Waals surface area contributed by atoms with E-state index in [2.05, 4.69) is 21.2 Å². The van der Waals surface area contributed by atoms with Crippen LogP contribution in [0.3, 0.4) is 0 Å². The van der Waals surface area contributed by atoms with Gasteiger partial charge in [0.25, 0.3) is 0 Å². The maximum absolute atomic E-state index is 11.9. The fourth-order valence-electron chi connectivity index (χ4n) is 2.06. The van der Waals surface area contributed by atoms with Crippen LogP contribution in [0.5, 0.6) is 5.75 Å². The molecule has 0 aliphatic carbocycles. The Balaban J connectivity index is 2.40. The van der Waals surface area contributed by atoms with Gasteiger partial charge in [-0.05, 0) is 36.8 Å². The number of hydrogen-bond acceptors (Lipinski definition) is 3. The Labute approximate surface area is 132 Å². The van der Waals surface area contributed by atoms with Gasteiger partial charge >= 0.3 is 0 Å². The van der Waals surface area contributed by atoms with Crippen LogP contribution in [0.2, 0.25) is 0 Å². The first kappa shape index (κ1) is 15.4. The second-order valence-electron chi connectivity index (χ2n) is 4.68. The number of nitrogens with two attached hydrogens (primary N) is 1. The van der Waals surface area contributed by atoms with Gasteiger partial charge < -0.3 is 15.8 Å². The zero-order valence-electron chi connectivity index (χ0n) is 11.9. The SMILES string of the molecule is COc1ccc(Br)c(C(Nc2ccccc2C)C(N)=O)c1. The minimum Gasteiger partial charge on any atom is -0.497 e. The molecule has 2 rings (SSSR count). The number of aryl methyl sites for hydroxylation is 1. The van der Waals surface area contributed by atoms with E-state index in [4.69, 9.17) is 10.5 Å². The molecular weight excluding hydrogens is 332 g/mol. The molecule has 0 spiro atoms. The second kappa shape index (κ2) is 6.63. The molecule has 0 fully saturated rings. The minimum absolute atomic E-state index is 0.452. The van der Waals surface area contributed by atoms with Gasteiger partial charge in [-0.1, -0.05) is 34.1 Å². The third kappa shape index (κ3) is 3.55. The first-order valence-corrected chi connectivity index (χ1v) is 7.27. The van der Waals surface area contributed by atoms with Crippen molar-refractivity contribution in [1.82, 2.24) is 0 Å². The Morgan fingerprint density at radius 2 is 2.00 bits per heavy atom. The summed E-state index contributed by atoms with van der Waals surface area (Å²) in [6.07, 6.45) is 0. The van der Waals surface area contributed by atoms with Crippen LogP contribution < -0.4 is 15.8 Å². The summed E-state index contributed by atoms with van der Waals surface area (Å²) in [5, 5.41) is 3.20. The molecule has 4 nitrogen and oxygen atoms in total. The molecule has 0 saturated heterocycles. The van der Waals surface area contributed by atoms with Gasteiger partial charge in [-0.25, -0.2) is 0 Å².